The van der Waals surface area contributed by atoms with Crippen molar-refractivity contribution in [2.24, 2.45) is 5.73 Å². The van der Waals surface area contributed by atoms with Crippen molar-refractivity contribution in [3.63, 3.8) is 0 Å². The van der Waals surface area contributed by atoms with Crippen molar-refractivity contribution in [1.29, 1.82) is 0 Å². The summed E-state index contributed by atoms with van der Waals surface area (Å²) in [6, 6.07) is 9.05. The molecule has 1 amide bonds. The molecule has 0 spiro atoms. The van der Waals surface area contributed by atoms with Crippen LogP contribution >= 0.6 is 0 Å². The summed E-state index contributed by atoms with van der Waals surface area (Å²) in [6.07, 6.45) is 1.69. The molecule has 0 unspecified atom stereocenters. The molecule has 6 heteroatoms. The van der Waals surface area contributed by atoms with Gasteiger partial charge >= 0.3 is 0 Å². The molecule has 100 valence electrons. The number of rotatable bonds is 3. The third-order valence-electron chi connectivity index (χ3n) is 3.06. The van der Waals surface area contributed by atoms with E-state index in [0.29, 0.717) is 11.5 Å². The summed E-state index contributed by atoms with van der Waals surface area (Å²) in [4.78, 5) is 22.9. The SMILES string of the molecule is CNc1nccc(-c2cc3cc(C(N)=O)ccc3[nH]2)n1. The molecule has 6 nitrogen and oxygen atoms in total. The first-order valence-corrected chi connectivity index (χ1v) is 6.11. The molecule has 1 aromatic carbocycles. The largest absolute Gasteiger partial charge is 0.366 e. The minimum atomic E-state index is -0.436. The zero-order chi connectivity index (χ0) is 14.1. The number of aromatic nitrogens is 3. The predicted octanol–water partition coefficient (Wildman–Crippen LogP) is 1.77. The number of carbonyl (C=O) groups excluding carboxylic acids is 1. The highest BCUT2D eigenvalue weighted by atomic mass is 16.1. The lowest BCUT2D eigenvalue weighted by Crippen LogP contribution is -2.10. The van der Waals surface area contributed by atoms with Crippen LogP contribution in [0.2, 0.25) is 0 Å². The summed E-state index contributed by atoms with van der Waals surface area (Å²) in [5.41, 5.74) is 8.34. The van der Waals surface area contributed by atoms with E-state index in [9.17, 15) is 4.79 Å². The van der Waals surface area contributed by atoms with Crippen molar-refractivity contribution in [2.75, 3.05) is 12.4 Å². The van der Waals surface area contributed by atoms with Crippen LogP contribution in [-0.4, -0.2) is 27.9 Å². The molecule has 2 heterocycles. The second-order valence-electron chi connectivity index (χ2n) is 4.36. The van der Waals surface area contributed by atoms with Crippen LogP contribution in [0.5, 0.6) is 0 Å². The first-order chi connectivity index (χ1) is 9.67. The Kier molecular flexibility index (Phi) is 2.83. The van der Waals surface area contributed by atoms with Gasteiger partial charge in [-0.05, 0) is 30.3 Å². The van der Waals surface area contributed by atoms with E-state index in [0.717, 1.165) is 22.3 Å². The average Bonchev–Trinajstić information content (AvgIpc) is 2.90. The van der Waals surface area contributed by atoms with Crippen LogP contribution in [-0.2, 0) is 0 Å². The van der Waals surface area contributed by atoms with Crippen LogP contribution in [0, 0.1) is 0 Å². The number of benzene rings is 1. The van der Waals surface area contributed by atoms with Gasteiger partial charge in [-0.3, -0.25) is 4.79 Å². The first kappa shape index (κ1) is 12.2. The topological polar surface area (TPSA) is 96.7 Å². The molecule has 0 radical (unpaired) electrons. The van der Waals surface area contributed by atoms with Gasteiger partial charge in [-0.15, -0.1) is 0 Å². The highest BCUT2D eigenvalue weighted by Gasteiger charge is 2.08. The molecular weight excluding hydrogens is 254 g/mol. The number of hydrogen-bond donors (Lipinski definition) is 3. The summed E-state index contributed by atoms with van der Waals surface area (Å²) < 4.78 is 0. The van der Waals surface area contributed by atoms with Gasteiger partial charge in [-0.25, -0.2) is 9.97 Å². The van der Waals surface area contributed by atoms with Gasteiger partial charge in [0.05, 0.1) is 11.4 Å². The van der Waals surface area contributed by atoms with E-state index < -0.39 is 5.91 Å². The maximum Gasteiger partial charge on any atom is 0.248 e. The summed E-state index contributed by atoms with van der Waals surface area (Å²) in [5.74, 6) is 0.119. The fourth-order valence-electron chi connectivity index (χ4n) is 2.05. The number of carbonyl (C=O) groups is 1. The van der Waals surface area contributed by atoms with Gasteiger partial charge in [-0.1, -0.05) is 0 Å². The molecule has 20 heavy (non-hydrogen) atoms. The lowest BCUT2D eigenvalue weighted by atomic mass is 10.1. The van der Waals surface area contributed by atoms with Crippen LogP contribution in [0.4, 0.5) is 5.95 Å². The quantitative estimate of drug-likeness (QED) is 0.673. The van der Waals surface area contributed by atoms with E-state index in [1.165, 1.54) is 0 Å². The van der Waals surface area contributed by atoms with E-state index in [1.807, 2.05) is 18.2 Å². The number of hydrogen-bond acceptors (Lipinski definition) is 4. The molecule has 3 aromatic rings. The lowest BCUT2D eigenvalue weighted by molar-refractivity contribution is 0.100. The van der Waals surface area contributed by atoms with E-state index in [-0.39, 0.29) is 0 Å². The molecule has 0 aliphatic rings. The first-order valence-electron chi connectivity index (χ1n) is 6.11. The van der Waals surface area contributed by atoms with Gasteiger partial charge in [0, 0.05) is 29.7 Å². The number of primary amides is 1. The van der Waals surface area contributed by atoms with Crippen molar-refractivity contribution >= 4 is 22.8 Å². The molecule has 0 bridgehead atoms. The van der Waals surface area contributed by atoms with E-state index >= 15 is 0 Å². The third-order valence-corrected chi connectivity index (χ3v) is 3.06. The third kappa shape index (κ3) is 2.07. The van der Waals surface area contributed by atoms with E-state index in [1.54, 1.807) is 25.4 Å². The zero-order valence-corrected chi connectivity index (χ0v) is 10.8. The normalized spacial score (nSPS) is 10.7. The molecule has 3 rings (SSSR count). The molecule has 0 aliphatic carbocycles. The van der Waals surface area contributed by atoms with Gasteiger partial charge in [0.15, 0.2) is 0 Å². The van der Waals surface area contributed by atoms with Gasteiger partial charge in [0.1, 0.15) is 0 Å². The number of fused-ring (bicyclic) bond motifs is 1. The molecule has 0 saturated heterocycles. The van der Waals surface area contributed by atoms with Crippen LogP contribution < -0.4 is 11.1 Å². The number of aromatic amines is 1. The minimum absolute atomic E-state index is 0.436. The van der Waals surface area contributed by atoms with E-state index in [4.69, 9.17) is 5.73 Å². The summed E-state index contributed by atoms with van der Waals surface area (Å²) in [5, 5.41) is 3.82. The van der Waals surface area contributed by atoms with Gasteiger partial charge in [0.25, 0.3) is 0 Å². The molecule has 2 aromatic heterocycles. The Hall–Kier alpha value is -2.89. The lowest BCUT2D eigenvalue weighted by Gasteiger charge is -2.00. The standard InChI is InChI=1S/C14H13N5O/c1-16-14-17-5-4-11(19-14)12-7-9-6-8(13(15)20)2-3-10(9)18-12/h2-7,18H,1H3,(H2,15,20)(H,16,17,19). The molecule has 0 fully saturated rings. The monoisotopic (exact) mass is 267 g/mol. The molecule has 0 atom stereocenters. The second-order valence-corrected chi connectivity index (χ2v) is 4.36. The summed E-state index contributed by atoms with van der Waals surface area (Å²) in [6.45, 7) is 0. The number of anilines is 1. The fraction of sp³-hybridized carbons (Fsp3) is 0.0714. The number of amides is 1. The van der Waals surface area contributed by atoms with Crippen LogP contribution in [0.1, 0.15) is 10.4 Å². The Morgan fingerprint density at radius 1 is 1.30 bits per heavy atom. The second kappa shape index (κ2) is 4.65. The maximum atomic E-state index is 11.2. The Morgan fingerprint density at radius 2 is 2.15 bits per heavy atom. The molecule has 4 N–H and O–H groups in total. The Bertz CT molecular complexity index is 793. The Balaban J connectivity index is 2.10. The van der Waals surface area contributed by atoms with Crippen molar-refractivity contribution in [1.82, 2.24) is 15.0 Å². The summed E-state index contributed by atoms with van der Waals surface area (Å²) in [7, 11) is 1.77. The predicted molar refractivity (Wildman–Crippen MR) is 77.4 cm³/mol. The van der Waals surface area contributed by atoms with Gasteiger partial charge in [-0.2, -0.15) is 0 Å². The Labute approximate surface area is 115 Å². The number of nitrogens with two attached hydrogens (primary N) is 1. The van der Waals surface area contributed by atoms with Crippen LogP contribution in [0.25, 0.3) is 22.3 Å². The van der Waals surface area contributed by atoms with E-state index in [2.05, 4.69) is 20.3 Å². The Morgan fingerprint density at radius 3 is 2.90 bits per heavy atom. The van der Waals surface area contributed by atoms with Crippen molar-refractivity contribution in [3.05, 3.63) is 42.1 Å². The number of H-pyrrole nitrogens is 1. The minimum Gasteiger partial charge on any atom is -0.366 e. The zero-order valence-electron chi connectivity index (χ0n) is 10.8. The van der Waals surface area contributed by atoms with Crippen LogP contribution in [0.3, 0.4) is 0 Å². The maximum absolute atomic E-state index is 11.2. The molecule has 0 saturated carbocycles. The molecule has 0 aliphatic heterocycles. The number of nitrogens with one attached hydrogen (secondary N) is 2. The number of nitrogens with zero attached hydrogens (tertiary/aromatic N) is 2. The van der Waals surface area contributed by atoms with Crippen molar-refractivity contribution in [3.8, 4) is 11.4 Å². The average molecular weight is 267 g/mol. The summed E-state index contributed by atoms with van der Waals surface area (Å²) >= 11 is 0. The fourth-order valence-corrected chi connectivity index (χ4v) is 2.05. The van der Waals surface area contributed by atoms with Crippen molar-refractivity contribution in [2.45, 2.75) is 0 Å². The smallest absolute Gasteiger partial charge is 0.248 e. The highest BCUT2D eigenvalue weighted by molar-refractivity contribution is 5.98. The molecular formula is C14H13N5O. The highest BCUT2D eigenvalue weighted by Crippen LogP contribution is 2.23. The van der Waals surface area contributed by atoms with Gasteiger partial charge in [0.2, 0.25) is 11.9 Å². The van der Waals surface area contributed by atoms with Crippen molar-refractivity contribution < 1.29 is 4.79 Å². The van der Waals surface area contributed by atoms with Gasteiger partial charge < -0.3 is 16.0 Å². The van der Waals surface area contributed by atoms with Crippen LogP contribution in [0.15, 0.2) is 36.5 Å².